The molecule has 2 fully saturated rings. The van der Waals surface area contributed by atoms with E-state index >= 15 is 0 Å². The number of aliphatic hydroxyl groups is 2. The van der Waals surface area contributed by atoms with Gasteiger partial charge in [0.25, 0.3) is 5.91 Å². The molecule has 1 saturated carbocycles. The smallest absolute Gasteiger partial charge is 0.254 e. The van der Waals surface area contributed by atoms with E-state index in [4.69, 9.17) is 28.9 Å². The van der Waals surface area contributed by atoms with E-state index in [2.05, 4.69) is 18.7 Å². The minimum absolute atomic E-state index is 0.0160. The molecule has 7 atom stereocenters. The lowest BCUT2D eigenvalue weighted by atomic mass is 9.55. The molecule has 3 aromatic rings. The summed E-state index contributed by atoms with van der Waals surface area (Å²) in [6.07, 6.45) is 10.8. The zero-order valence-electron chi connectivity index (χ0n) is 34.3. The maximum atomic E-state index is 14.7. The number of unbranched alkanes of at least 4 members (excludes halogenated alkanes) is 2. The molecule has 0 bridgehead atoms. The SMILES string of the molecule is C=CCOC12Oc3ccc(OCc4ccccc4F)cc3C3C(CCCCO)C(CCCCO)C=C(C(=NOC4CCCCO4)CC1N(C)C(=O)c1ccc(C#N)cc1)C32. The minimum atomic E-state index is -1.43. The first kappa shape index (κ1) is 43.0. The number of carbonyl (C=O) groups excluding carboxylic acids is 1. The number of hydrogen-bond donors (Lipinski definition) is 2. The second-order valence-electron chi connectivity index (χ2n) is 16.2. The molecule has 2 N–H and O–H groups in total. The summed E-state index contributed by atoms with van der Waals surface area (Å²) in [5.41, 5.74) is 3.76. The van der Waals surface area contributed by atoms with Gasteiger partial charge in [0, 0.05) is 55.7 Å². The van der Waals surface area contributed by atoms with Crippen molar-refractivity contribution in [2.24, 2.45) is 22.9 Å². The van der Waals surface area contributed by atoms with Crippen LogP contribution in [0.15, 0.2) is 96.2 Å². The van der Waals surface area contributed by atoms with E-state index in [1.54, 1.807) is 60.5 Å². The van der Waals surface area contributed by atoms with E-state index in [1.165, 1.54) is 6.07 Å². The highest BCUT2D eigenvalue weighted by molar-refractivity contribution is 6.03. The standard InChI is InChI=1S/C48H56FN3O8/c1-3-25-58-48-43(52(2)47(55)33-19-17-32(30-50)18-20-33)29-41(51-60-44-16-8-11-26-56-44)38-27-34(12-6-9-23-53)37(14-7-10-24-54)45(46(38)48)39-28-36(21-22-42(39)59-48)57-31-35-13-4-5-15-40(35)49/h3-5,13,15,17-22,27-28,34,37,43-46,53-54H,1,6-12,14,16,23-26,29,31H2,2H3. The Hall–Kier alpha value is -5.06. The van der Waals surface area contributed by atoms with Gasteiger partial charge in [0.2, 0.25) is 12.1 Å². The summed E-state index contributed by atoms with van der Waals surface area (Å²) in [7, 11) is 1.74. The van der Waals surface area contributed by atoms with Crippen LogP contribution in [-0.2, 0) is 20.9 Å². The van der Waals surface area contributed by atoms with Crippen molar-refractivity contribution in [1.82, 2.24) is 4.90 Å². The molecule has 3 aromatic carbocycles. The Bertz CT molecular complexity index is 2060. The van der Waals surface area contributed by atoms with E-state index < -0.39 is 24.0 Å². The van der Waals surface area contributed by atoms with Gasteiger partial charge in [-0.3, -0.25) is 4.79 Å². The van der Waals surface area contributed by atoms with Gasteiger partial charge in [-0.25, -0.2) is 4.39 Å². The molecule has 2 heterocycles. The number of nitriles is 1. The highest BCUT2D eigenvalue weighted by Crippen LogP contribution is 2.62. The molecule has 0 spiro atoms. The maximum absolute atomic E-state index is 14.7. The number of carbonyl (C=O) groups is 1. The van der Waals surface area contributed by atoms with Crippen LogP contribution < -0.4 is 9.47 Å². The summed E-state index contributed by atoms with van der Waals surface area (Å²) >= 11 is 0. The molecule has 4 aliphatic rings. The van der Waals surface area contributed by atoms with Crippen molar-refractivity contribution >= 4 is 11.6 Å². The lowest BCUT2D eigenvalue weighted by Gasteiger charge is -2.59. The van der Waals surface area contributed by atoms with E-state index in [1.807, 2.05) is 18.2 Å². The van der Waals surface area contributed by atoms with Crippen molar-refractivity contribution in [2.45, 2.75) is 94.9 Å². The molecule has 0 aromatic heterocycles. The maximum Gasteiger partial charge on any atom is 0.254 e. The van der Waals surface area contributed by atoms with Crippen molar-refractivity contribution in [2.75, 3.05) is 33.5 Å². The fourth-order valence-corrected chi connectivity index (χ4v) is 9.54. The minimum Gasteiger partial charge on any atom is -0.489 e. The van der Waals surface area contributed by atoms with Gasteiger partial charge < -0.3 is 38.9 Å². The van der Waals surface area contributed by atoms with Crippen LogP contribution in [0.5, 0.6) is 11.5 Å². The van der Waals surface area contributed by atoms with E-state index in [0.29, 0.717) is 59.8 Å². The Kier molecular flexibility index (Phi) is 14.3. The van der Waals surface area contributed by atoms with Crippen molar-refractivity contribution < 1.29 is 43.2 Å². The van der Waals surface area contributed by atoms with Crippen LogP contribution in [0, 0.1) is 34.9 Å². The van der Waals surface area contributed by atoms with E-state index in [9.17, 15) is 24.7 Å². The van der Waals surface area contributed by atoms with Gasteiger partial charge in [-0.1, -0.05) is 48.3 Å². The van der Waals surface area contributed by atoms with Gasteiger partial charge in [0.05, 0.1) is 36.5 Å². The third-order valence-corrected chi connectivity index (χ3v) is 12.5. The predicted molar refractivity (Wildman–Crippen MR) is 224 cm³/mol. The highest BCUT2D eigenvalue weighted by Gasteiger charge is 2.65. The molecule has 1 saturated heterocycles. The molecule has 7 rings (SSSR count). The van der Waals surface area contributed by atoms with Crippen LogP contribution in [0.1, 0.15) is 97.2 Å². The Labute approximate surface area is 352 Å². The molecule has 60 heavy (non-hydrogen) atoms. The number of nitrogens with zero attached hydrogens (tertiary/aromatic N) is 3. The third-order valence-electron chi connectivity index (χ3n) is 12.5. The zero-order chi connectivity index (χ0) is 42.1. The number of aliphatic hydroxyl groups excluding tert-OH is 2. The molecule has 2 aliphatic heterocycles. The lowest BCUT2D eigenvalue weighted by Crippen LogP contribution is -2.69. The normalized spacial score (nSPS) is 26.1. The average Bonchev–Trinajstić information content (AvgIpc) is 3.28. The Balaban J connectivity index is 1.40. The first-order valence-corrected chi connectivity index (χ1v) is 21.3. The molecule has 2 aliphatic carbocycles. The Morgan fingerprint density at radius 1 is 1.07 bits per heavy atom. The number of likely N-dealkylation sites (N-methyl/N-ethyl adjacent to an activating group) is 1. The molecule has 1 amide bonds. The Morgan fingerprint density at radius 3 is 2.57 bits per heavy atom. The molecular formula is C48H56FN3O8. The number of halogens is 1. The monoisotopic (exact) mass is 821 g/mol. The molecular weight excluding hydrogens is 766 g/mol. The number of amides is 1. The first-order chi connectivity index (χ1) is 29.3. The fraction of sp³-hybridized carbons (Fsp3) is 0.479. The Morgan fingerprint density at radius 2 is 1.85 bits per heavy atom. The van der Waals surface area contributed by atoms with Crippen LogP contribution in [0.25, 0.3) is 0 Å². The van der Waals surface area contributed by atoms with Gasteiger partial charge in [-0.2, -0.15) is 5.26 Å². The summed E-state index contributed by atoms with van der Waals surface area (Å²) in [6.45, 7) is 4.89. The van der Waals surface area contributed by atoms with Crippen LogP contribution in [-0.4, -0.2) is 78.3 Å². The van der Waals surface area contributed by atoms with Crippen molar-refractivity contribution in [3.8, 4) is 17.6 Å². The van der Waals surface area contributed by atoms with Gasteiger partial charge in [-0.05, 0) is 104 Å². The van der Waals surface area contributed by atoms with Gasteiger partial charge in [-0.15, -0.1) is 6.58 Å². The second-order valence-corrected chi connectivity index (χ2v) is 16.2. The topological polar surface area (TPSA) is 143 Å². The van der Waals surface area contributed by atoms with Gasteiger partial charge in [0.1, 0.15) is 30.0 Å². The summed E-state index contributed by atoms with van der Waals surface area (Å²) in [6, 6.07) is 20.2. The number of ether oxygens (including phenoxy) is 4. The largest absolute Gasteiger partial charge is 0.489 e. The van der Waals surface area contributed by atoms with Gasteiger partial charge >= 0.3 is 0 Å². The third kappa shape index (κ3) is 9.15. The number of fused-ring (bicyclic) bond motifs is 2. The van der Waals surface area contributed by atoms with Crippen LogP contribution >= 0.6 is 0 Å². The summed E-state index contributed by atoms with van der Waals surface area (Å²) in [5, 5.41) is 34.1. The average molecular weight is 822 g/mol. The van der Waals surface area contributed by atoms with E-state index in [-0.39, 0.29) is 62.3 Å². The van der Waals surface area contributed by atoms with E-state index in [0.717, 1.165) is 49.7 Å². The number of rotatable bonds is 18. The van der Waals surface area contributed by atoms with Crippen molar-refractivity contribution in [3.63, 3.8) is 0 Å². The first-order valence-electron chi connectivity index (χ1n) is 21.3. The molecule has 0 radical (unpaired) electrons. The number of hydrogen-bond acceptors (Lipinski definition) is 10. The molecule has 11 nitrogen and oxygen atoms in total. The molecule has 12 heteroatoms. The number of oxime groups is 1. The zero-order valence-corrected chi connectivity index (χ0v) is 34.3. The lowest BCUT2D eigenvalue weighted by molar-refractivity contribution is -0.252. The van der Waals surface area contributed by atoms with Crippen molar-refractivity contribution in [1.29, 1.82) is 5.26 Å². The number of allylic oxidation sites excluding steroid dienone is 1. The quantitative estimate of drug-likeness (QED) is 0.0738. The second kappa shape index (κ2) is 20.0. The van der Waals surface area contributed by atoms with Crippen LogP contribution in [0.2, 0.25) is 0 Å². The number of benzene rings is 3. The summed E-state index contributed by atoms with van der Waals surface area (Å²) < 4.78 is 41.2. The van der Waals surface area contributed by atoms with Crippen molar-refractivity contribution in [3.05, 3.63) is 119 Å². The van der Waals surface area contributed by atoms with Crippen LogP contribution in [0.3, 0.4) is 0 Å². The highest BCUT2D eigenvalue weighted by atomic mass is 19.1. The predicted octanol–water partition coefficient (Wildman–Crippen LogP) is 8.21. The fourth-order valence-electron chi connectivity index (χ4n) is 9.54. The van der Waals surface area contributed by atoms with Crippen LogP contribution in [0.4, 0.5) is 4.39 Å². The molecule has 318 valence electrons. The van der Waals surface area contributed by atoms with Gasteiger partial charge in [0.15, 0.2) is 0 Å². The molecule has 7 unspecified atom stereocenters. The summed E-state index contributed by atoms with van der Waals surface area (Å²) in [4.78, 5) is 22.4. The summed E-state index contributed by atoms with van der Waals surface area (Å²) in [5.74, 6) is -1.64.